The number of hydrogen-bond acceptors (Lipinski definition) is 6. The minimum absolute atomic E-state index is 0.00480. The Balaban J connectivity index is 1.61. The molecule has 1 aliphatic heterocycles. The lowest BCUT2D eigenvalue weighted by Gasteiger charge is -2.43. The van der Waals surface area contributed by atoms with Crippen LogP contribution in [0.2, 0.25) is 0 Å². The molecule has 4 rings (SSSR count). The van der Waals surface area contributed by atoms with Crippen molar-refractivity contribution in [3.63, 3.8) is 0 Å². The van der Waals surface area contributed by atoms with Gasteiger partial charge in [0, 0.05) is 44.1 Å². The van der Waals surface area contributed by atoms with E-state index in [-0.39, 0.29) is 29.7 Å². The van der Waals surface area contributed by atoms with E-state index in [1.807, 2.05) is 26.0 Å². The first-order valence-electron chi connectivity index (χ1n) is 11.7. The third-order valence-electron chi connectivity index (χ3n) is 6.42. The highest BCUT2D eigenvalue weighted by Crippen LogP contribution is 2.35. The fourth-order valence-electron chi connectivity index (χ4n) is 4.59. The first-order valence-corrected chi connectivity index (χ1v) is 11.7. The second-order valence-electron chi connectivity index (χ2n) is 9.14. The van der Waals surface area contributed by atoms with Gasteiger partial charge in [-0.25, -0.2) is 4.98 Å². The van der Waals surface area contributed by atoms with Crippen molar-refractivity contribution in [1.29, 1.82) is 0 Å². The molecule has 1 aliphatic rings. The number of rotatable bonds is 6. The van der Waals surface area contributed by atoms with Crippen LogP contribution in [0.4, 0.5) is 11.5 Å². The maximum atomic E-state index is 12.7. The lowest BCUT2D eigenvalue weighted by molar-refractivity contribution is 0.0911. The van der Waals surface area contributed by atoms with E-state index in [4.69, 9.17) is 16.0 Å². The number of nitrogens with zero attached hydrogens (tertiary/aromatic N) is 5. The van der Waals surface area contributed by atoms with Crippen LogP contribution in [-0.4, -0.2) is 39.3 Å². The predicted octanol–water partition coefficient (Wildman–Crippen LogP) is 4.74. The van der Waals surface area contributed by atoms with Crippen molar-refractivity contribution in [1.82, 2.24) is 14.5 Å². The van der Waals surface area contributed by atoms with Crippen molar-refractivity contribution < 1.29 is 9.47 Å². The van der Waals surface area contributed by atoms with Crippen LogP contribution in [0.1, 0.15) is 40.5 Å². The van der Waals surface area contributed by atoms with E-state index in [1.54, 1.807) is 36.0 Å². The summed E-state index contributed by atoms with van der Waals surface area (Å²) in [5.74, 6) is 1.87. The van der Waals surface area contributed by atoms with Gasteiger partial charge in [-0.15, -0.1) is 4.98 Å². The Morgan fingerprint density at radius 1 is 1.26 bits per heavy atom. The number of anilines is 1. The van der Waals surface area contributed by atoms with E-state index in [1.165, 1.54) is 0 Å². The fraction of sp³-hybridized carbons (Fsp3) is 0.462. The third-order valence-corrected chi connectivity index (χ3v) is 6.42. The molecular formula is C26H31N5O3. The quantitative estimate of drug-likeness (QED) is 0.494. The Bertz CT molecular complexity index is 1260. The molecule has 0 spiro atoms. The molecule has 4 heterocycles. The highest BCUT2D eigenvalue weighted by atomic mass is 16.5. The molecule has 0 amide bonds. The van der Waals surface area contributed by atoms with Gasteiger partial charge in [0.05, 0.1) is 23.5 Å². The van der Waals surface area contributed by atoms with E-state index in [0.717, 1.165) is 36.3 Å². The molecule has 0 N–H and O–H groups in total. The molecule has 1 saturated heterocycles. The highest BCUT2D eigenvalue weighted by molar-refractivity contribution is 5.89. The van der Waals surface area contributed by atoms with Crippen molar-refractivity contribution >= 4 is 22.5 Å². The van der Waals surface area contributed by atoms with Gasteiger partial charge < -0.3 is 23.8 Å². The molecule has 1 fully saturated rings. The normalized spacial score (nSPS) is 20.4. The van der Waals surface area contributed by atoms with E-state index in [2.05, 4.69) is 33.6 Å². The number of piperidine rings is 1. The number of hydrogen-bond donors (Lipinski definition) is 0. The SMILES string of the molecule is [C-]#[N+]c1ccc2c(n1)c(N1C[C@H](CC)[C@@H](Oc3ccc(OC(C)C)cn3)C[C@@H]1C)cc(=O)n2C. The summed E-state index contributed by atoms with van der Waals surface area (Å²) >= 11 is 0. The average Bonchev–Trinajstić information content (AvgIpc) is 2.82. The van der Waals surface area contributed by atoms with Gasteiger partial charge in [0.2, 0.25) is 11.4 Å². The Kier molecular flexibility index (Phi) is 6.73. The van der Waals surface area contributed by atoms with Crippen LogP contribution >= 0.6 is 0 Å². The summed E-state index contributed by atoms with van der Waals surface area (Å²) in [4.78, 5) is 27.4. The highest BCUT2D eigenvalue weighted by Gasteiger charge is 2.36. The van der Waals surface area contributed by atoms with Crippen molar-refractivity contribution in [2.24, 2.45) is 13.0 Å². The van der Waals surface area contributed by atoms with Crippen LogP contribution in [-0.2, 0) is 7.05 Å². The average molecular weight is 462 g/mol. The molecule has 0 aliphatic carbocycles. The minimum Gasteiger partial charge on any atom is -0.489 e. The molecule has 8 heteroatoms. The topological polar surface area (TPSA) is 73.8 Å². The van der Waals surface area contributed by atoms with Crippen LogP contribution in [0.15, 0.2) is 41.3 Å². The van der Waals surface area contributed by atoms with Gasteiger partial charge in [-0.2, -0.15) is 0 Å². The van der Waals surface area contributed by atoms with Gasteiger partial charge in [0.25, 0.3) is 11.4 Å². The molecule has 3 atom stereocenters. The van der Waals surface area contributed by atoms with E-state index < -0.39 is 0 Å². The minimum atomic E-state index is -0.0913. The summed E-state index contributed by atoms with van der Waals surface area (Å²) in [7, 11) is 1.73. The Morgan fingerprint density at radius 2 is 2.06 bits per heavy atom. The van der Waals surface area contributed by atoms with Gasteiger partial charge >= 0.3 is 0 Å². The third kappa shape index (κ3) is 4.69. The summed E-state index contributed by atoms with van der Waals surface area (Å²) in [5, 5.41) is 0. The monoisotopic (exact) mass is 461 g/mol. The summed E-state index contributed by atoms with van der Waals surface area (Å²) < 4.78 is 13.6. The lowest BCUT2D eigenvalue weighted by atomic mass is 9.88. The van der Waals surface area contributed by atoms with Crippen LogP contribution < -0.4 is 19.9 Å². The zero-order valence-electron chi connectivity index (χ0n) is 20.4. The lowest BCUT2D eigenvalue weighted by Crippen LogP contribution is -2.50. The fourth-order valence-corrected chi connectivity index (χ4v) is 4.59. The van der Waals surface area contributed by atoms with Crippen molar-refractivity contribution in [3.8, 4) is 11.6 Å². The molecule has 8 nitrogen and oxygen atoms in total. The summed E-state index contributed by atoms with van der Waals surface area (Å²) in [5.41, 5.74) is 2.09. The molecule has 0 unspecified atom stereocenters. The molecular weight excluding hydrogens is 430 g/mol. The van der Waals surface area contributed by atoms with E-state index in [0.29, 0.717) is 17.2 Å². The zero-order valence-corrected chi connectivity index (χ0v) is 20.4. The second kappa shape index (κ2) is 9.72. The van der Waals surface area contributed by atoms with Gasteiger partial charge in [-0.05, 0) is 45.4 Å². The molecule has 34 heavy (non-hydrogen) atoms. The van der Waals surface area contributed by atoms with Crippen molar-refractivity contribution in [3.05, 3.63) is 58.3 Å². The number of aromatic nitrogens is 3. The van der Waals surface area contributed by atoms with Crippen LogP contribution in [0, 0.1) is 12.5 Å². The van der Waals surface area contributed by atoms with E-state index in [9.17, 15) is 4.79 Å². The maximum Gasteiger partial charge on any atom is 0.270 e. The summed E-state index contributed by atoms with van der Waals surface area (Å²) in [6, 6.07) is 8.95. The van der Waals surface area contributed by atoms with Crippen LogP contribution in [0.3, 0.4) is 0 Å². The Labute approximate surface area is 200 Å². The molecule has 0 saturated carbocycles. The number of pyridine rings is 3. The van der Waals surface area contributed by atoms with Gasteiger partial charge in [-0.1, -0.05) is 13.5 Å². The van der Waals surface area contributed by atoms with Crippen molar-refractivity contribution in [2.45, 2.75) is 58.8 Å². The van der Waals surface area contributed by atoms with Gasteiger partial charge in [0.15, 0.2) is 0 Å². The number of aryl methyl sites for hydroxylation is 1. The largest absolute Gasteiger partial charge is 0.489 e. The predicted molar refractivity (Wildman–Crippen MR) is 133 cm³/mol. The molecule has 0 radical (unpaired) electrons. The zero-order chi connectivity index (χ0) is 24.4. The van der Waals surface area contributed by atoms with Gasteiger partial charge in [0.1, 0.15) is 11.9 Å². The Hall–Kier alpha value is -3.60. The van der Waals surface area contributed by atoms with Crippen LogP contribution in [0.5, 0.6) is 11.6 Å². The second-order valence-corrected chi connectivity index (χ2v) is 9.14. The summed E-state index contributed by atoms with van der Waals surface area (Å²) in [6.07, 6.45) is 3.50. The summed E-state index contributed by atoms with van der Waals surface area (Å²) in [6.45, 7) is 16.3. The molecule has 3 aromatic rings. The number of ether oxygens (including phenoxy) is 2. The van der Waals surface area contributed by atoms with Gasteiger partial charge in [-0.3, -0.25) is 4.79 Å². The standard InChI is InChI=1S/C26H31N5O3/c1-7-18-15-31(21-13-25(32)30(6)20-9-10-23(27-5)29-26(20)21)17(4)12-22(18)34-24-11-8-19(14-28-24)33-16(2)3/h8-11,13-14,16-18,22H,7,12,15H2,1-4,6H3/t17-,18-,22-/m0/s1. The first-order chi connectivity index (χ1) is 16.3. The Morgan fingerprint density at radius 3 is 2.71 bits per heavy atom. The van der Waals surface area contributed by atoms with E-state index >= 15 is 0 Å². The molecule has 3 aromatic heterocycles. The molecule has 0 bridgehead atoms. The van der Waals surface area contributed by atoms with Crippen LogP contribution in [0.25, 0.3) is 15.9 Å². The van der Waals surface area contributed by atoms with Crippen molar-refractivity contribution in [2.75, 3.05) is 11.4 Å². The maximum absolute atomic E-state index is 12.7. The first kappa shape index (κ1) is 23.6. The molecule has 0 aromatic carbocycles. The molecule has 178 valence electrons. The number of fused-ring (bicyclic) bond motifs is 1. The smallest absolute Gasteiger partial charge is 0.270 e.